The second kappa shape index (κ2) is 6.24. The number of rotatable bonds is 5. The molecule has 2 aromatic rings. The molecule has 0 saturated heterocycles. The van der Waals surface area contributed by atoms with E-state index in [9.17, 15) is 4.79 Å². The van der Waals surface area contributed by atoms with E-state index >= 15 is 0 Å². The third-order valence-corrected chi connectivity index (χ3v) is 3.61. The molecular weight excluding hydrogens is 262 g/mol. The Balaban J connectivity index is 2.07. The van der Waals surface area contributed by atoms with E-state index in [0.717, 1.165) is 11.3 Å². The van der Waals surface area contributed by atoms with E-state index < -0.39 is 5.97 Å². The fourth-order valence-corrected chi connectivity index (χ4v) is 2.48. The highest BCUT2D eigenvalue weighted by molar-refractivity contribution is 7.98. The zero-order valence-corrected chi connectivity index (χ0v) is 11.2. The Hall–Kier alpha value is -2.01. The van der Waals surface area contributed by atoms with Crippen LogP contribution in [0.2, 0.25) is 0 Å². The predicted octanol–water partition coefficient (Wildman–Crippen LogP) is 3.08. The van der Waals surface area contributed by atoms with Crippen molar-refractivity contribution < 1.29 is 14.6 Å². The number of aromatic nitrogens is 1. The molecule has 0 atom stereocenters. The maximum absolute atomic E-state index is 11.0. The molecule has 0 radical (unpaired) electrons. The van der Waals surface area contributed by atoms with Gasteiger partial charge in [0.15, 0.2) is 0 Å². The molecule has 0 aliphatic carbocycles. The minimum atomic E-state index is -0.953. The van der Waals surface area contributed by atoms with Crippen LogP contribution in [0.4, 0.5) is 0 Å². The molecule has 5 heteroatoms. The maximum atomic E-state index is 11.0. The molecule has 4 nitrogen and oxygen atoms in total. The quantitative estimate of drug-likeness (QED) is 0.850. The lowest BCUT2D eigenvalue weighted by Crippen LogP contribution is -2.00. The van der Waals surface area contributed by atoms with E-state index in [1.54, 1.807) is 25.4 Å². The van der Waals surface area contributed by atoms with Gasteiger partial charge in [-0.25, -0.2) is 9.78 Å². The van der Waals surface area contributed by atoms with E-state index in [1.807, 2.05) is 24.3 Å². The maximum Gasteiger partial charge on any atom is 0.338 e. The lowest BCUT2D eigenvalue weighted by molar-refractivity contribution is 0.0692. The Morgan fingerprint density at radius 1 is 1.32 bits per heavy atom. The van der Waals surface area contributed by atoms with Gasteiger partial charge in [-0.3, -0.25) is 0 Å². The molecular formula is C14H13NO3S. The molecule has 0 spiro atoms. The second-order valence-corrected chi connectivity index (χ2v) is 4.76. The summed E-state index contributed by atoms with van der Waals surface area (Å²) in [5, 5.41) is 9.59. The molecule has 1 heterocycles. The molecule has 0 bridgehead atoms. The largest absolute Gasteiger partial charge is 0.497 e. The Bertz CT molecular complexity index is 569. The monoisotopic (exact) mass is 275 g/mol. The van der Waals surface area contributed by atoms with Crippen molar-refractivity contribution in [3.63, 3.8) is 0 Å². The highest BCUT2D eigenvalue weighted by Gasteiger charge is 2.10. The highest BCUT2D eigenvalue weighted by Crippen LogP contribution is 2.25. The van der Waals surface area contributed by atoms with Crippen LogP contribution in [0, 0.1) is 0 Å². The number of nitrogens with zero attached hydrogens (tertiary/aromatic N) is 1. The van der Waals surface area contributed by atoms with Crippen molar-refractivity contribution in [2.24, 2.45) is 0 Å². The minimum Gasteiger partial charge on any atom is -0.497 e. The van der Waals surface area contributed by atoms with Crippen LogP contribution >= 0.6 is 11.8 Å². The number of carboxylic acid groups (broad SMARTS) is 1. The number of thioether (sulfide) groups is 1. The molecule has 0 fully saturated rings. The van der Waals surface area contributed by atoms with Gasteiger partial charge >= 0.3 is 5.97 Å². The van der Waals surface area contributed by atoms with Crippen LogP contribution < -0.4 is 4.74 Å². The van der Waals surface area contributed by atoms with Gasteiger partial charge in [0.1, 0.15) is 10.8 Å². The van der Waals surface area contributed by atoms with Crippen LogP contribution in [0.5, 0.6) is 5.75 Å². The van der Waals surface area contributed by atoms with Gasteiger partial charge in [-0.05, 0) is 29.8 Å². The summed E-state index contributed by atoms with van der Waals surface area (Å²) in [6.45, 7) is 0. The SMILES string of the molecule is COc1ccc(CSc2ncccc2C(=O)O)cc1. The van der Waals surface area contributed by atoms with Crippen LogP contribution in [0.25, 0.3) is 0 Å². The Morgan fingerprint density at radius 2 is 2.05 bits per heavy atom. The zero-order chi connectivity index (χ0) is 13.7. The van der Waals surface area contributed by atoms with Gasteiger partial charge in [0.25, 0.3) is 0 Å². The lowest BCUT2D eigenvalue weighted by Gasteiger charge is -2.05. The van der Waals surface area contributed by atoms with Gasteiger partial charge in [0.05, 0.1) is 12.7 Å². The second-order valence-electron chi connectivity index (χ2n) is 3.80. The molecule has 2 rings (SSSR count). The van der Waals surface area contributed by atoms with E-state index in [4.69, 9.17) is 9.84 Å². The van der Waals surface area contributed by atoms with Crippen LogP contribution in [-0.4, -0.2) is 23.2 Å². The van der Waals surface area contributed by atoms with Crippen molar-refractivity contribution in [3.05, 3.63) is 53.7 Å². The van der Waals surface area contributed by atoms with Crippen LogP contribution in [0.1, 0.15) is 15.9 Å². The molecule has 1 aromatic heterocycles. The summed E-state index contributed by atoms with van der Waals surface area (Å²) in [7, 11) is 1.62. The highest BCUT2D eigenvalue weighted by atomic mass is 32.2. The molecule has 0 unspecified atom stereocenters. The lowest BCUT2D eigenvalue weighted by atomic mass is 10.2. The number of hydrogen-bond acceptors (Lipinski definition) is 4. The molecule has 1 N–H and O–H groups in total. The summed E-state index contributed by atoms with van der Waals surface area (Å²) >= 11 is 1.41. The van der Waals surface area contributed by atoms with Gasteiger partial charge in [0.2, 0.25) is 0 Å². The van der Waals surface area contributed by atoms with Crippen molar-refractivity contribution in [2.75, 3.05) is 7.11 Å². The van der Waals surface area contributed by atoms with Gasteiger partial charge in [0, 0.05) is 11.9 Å². The normalized spacial score (nSPS) is 10.2. The average Bonchev–Trinajstić information content (AvgIpc) is 2.46. The fourth-order valence-electron chi connectivity index (χ4n) is 1.54. The first-order valence-electron chi connectivity index (χ1n) is 5.64. The number of benzene rings is 1. The number of ether oxygens (including phenoxy) is 1. The van der Waals surface area contributed by atoms with Crippen molar-refractivity contribution in [2.45, 2.75) is 10.8 Å². The first-order chi connectivity index (χ1) is 9.20. The first kappa shape index (κ1) is 13.4. The van der Waals surface area contributed by atoms with Crippen LogP contribution in [0.15, 0.2) is 47.6 Å². The number of carboxylic acids is 1. The summed E-state index contributed by atoms with van der Waals surface area (Å²) in [4.78, 5) is 15.2. The Kier molecular flexibility index (Phi) is 4.41. The Morgan fingerprint density at radius 3 is 2.68 bits per heavy atom. The van der Waals surface area contributed by atoms with Crippen molar-refractivity contribution >= 4 is 17.7 Å². The summed E-state index contributed by atoms with van der Waals surface area (Å²) in [6.07, 6.45) is 1.60. The van der Waals surface area contributed by atoms with E-state index in [0.29, 0.717) is 10.8 Å². The summed E-state index contributed by atoms with van der Waals surface area (Å²) < 4.78 is 5.09. The minimum absolute atomic E-state index is 0.237. The van der Waals surface area contributed by atoms with E-state index in [2.05, 4.69) is 4.98 Å². The number of hydrogen-bond donors (Lipinski definition) is 1. The molecule has 0 aliphatic heterocycles. The molecule has 0 aliphatic rings. The predicted molar refractivity (Wildman–Crippen MR) is 73.8 cm³/mol. The topological polar surface area (TPSA) is 59.4 Å². The third kappa shape index (κ3) is 3.48. The summed E-state index contributed by atoms with van der Waals surface area (Å²) in [6, 6.07) is 10.9. The third-order valence-electron chi connectivity index (χ3n) is 2.54. The average molecular weight is 275 g/mol. The molecule has 98 valence electrons. The zero-order valence-electron chi connectivity index (χ0n) is 10.4. The smallest absolute Gasteiger partial charge is 0.338 e. The Labute approximate surface area is 115 Å². The number of aromatic carboxylic acids is 1. The molecule has 0 saturated carbocycles. The fraction of sp³-hybridized carbons (Fsp3) is 0.143. The summed E-state index contributed by atoms with van der Waals surface area (Å²) in [5.74, 6) is 0.518. The number of pyridine rings is 1. The van der Waals surface area contributed by atoms with Crippen molar-refractivity contribution in [1.29, 1.82) is 0 Å². The molecule has 1 aromatic carbocycles. The van der Waals surface area contributed by atoms with Crippen LogP contribution in [-0.2, 0) is 5.75 Å². The first-order valence-corrected chi connectivity index (χ1v) is 6.63. The van der Waals surface area contributed by atoms with Crippen molar-refractivity contribution in [1.82, 2.24) is 4.98 Å². The van der Waals surface area contributed by atoms with Crippen LogP contribution in [0.3, 0.4) is 0 Å². The van der Waals surface area contributed by atoms with Gasteiger partial charge < -0.3 is 9.84 Å². The molecule has 0 amide bonds. The van der Waals surface area contributed by atoms with Gasteiger partial charge in [-0.2, -0.15) is 0 Å². The number of methoxy groups -OCH3 is 1. The summed E-state index contributed by atoms with van der Waals surface area (Å²) in [5.41, 5.74) is 1.33. The standard InChI is InChI=1S/C14H13NO3S/c1-18-11-6-4-10(5-7-11)9-19-13-12(14(16)17)3-2-8-15-13/h2-8H,9H2,1H3,(H,16,17). The molecule has 19 heavy (non-hydrogen) atoms. The number of carbonyl (C=O) groups is 1. The van der Waals surface area contributed by atoms with E-state index in [-0.39, 0.29) is 5.56 Å². The van der Waals surface area contributed by atoms with Gasteiger partial charge in [-0.1, -0.05) is 12.1 Å². The van der Waals surface area contributed by atoms with Crippen molar-refractivity contribution in [3.8, 4) is 5.75 Å². The van der Waals surface area contributed by atoms with E-state index in [1.165, 1.54) is 11.8 Å². The van der Waals surface area contributed by atoms with Gasteiger partial charge in [-0.15, -0.1) is 11.8 Å².